The van der Waals surface area contributed by atoms with E-state index in [2.05, 4.69) is 24.0 Å². The van der Waals surface area contributed by atoms with E-state index in [0.29, 0.717) is 24.5 Å². The smallest absolute Gasteiger partial charge is 0.312 e. The van der Waals surface area contributed by atoms with Gasteiger partial charge in [0.1, 0.15) is 17.7 Å². The second-order valence-corrected chi connectivity index (χ2v) is 12.0. The van der Waals surface area contributed by atoms with Gasteiger partial charge in [-0.3, -0.25) is 9.59 Å². The van der Waals surface area contributed by atoms with Gasteiger partial charge in [0.05, 0.1) is 5.41 Å². The lowest BCUT2D eigenvalue weighted by atomic mass is 9.68. The van der Waals surface area contributed by atoms with Crippen LogP contribution in [0.3, 0.4) is 0 Å². The molecule has 4 rings (SSSR count). The lowest BCUT2D eigenvalue weighted by molar-refractivity contribution is -0.150. The van der Waals surface area contributed by atoms with Gasteiger partial charge in [0, 0.05) is 38.9 Å². The molecule has 0 N–H and O–H groups in total. The highest BCUT2D eigenvalue weighted by Crippen LogP contribution is 2.49. The van der Waals surface area contributed by atoms with Crippen LogP contribution in [-0.2, 0) is 20.7 Å². The molecule has 1 spiro atoms. The highest BCUT2D eigenvalue weighted by Gasteiger charge is 2.50. The van der Waals surface area contributed by atoms with Crippen LogP contribution in [0.25, 0.3) is 0 Å². The number of cyclic esters (lactones) is 1. The molecular formula is C33H46FNO3. The van der Waals surface area contributed by atoms with Gasteiger partial charge in [-0.05, 0) is 102 Å². The normalized spacial score (nSPS) is 26.8. The van der Waals surface area contributed by atoms with E-state index >= 15 is 0 Å². The molecule has 38 heavy (non-hydrogen) atoms. The van der Waals surface area contributed by atoms with Gasteiger partial charge in [-0.15, -0.1) is 0 Å². The van der Waals surface area contributed by atoms with Crippen LogP contribution >= 0.6 is 0 Å². The summed E-state index contributed by atoms with van der Waals surface area (Å²) in [6.07, 6.45) is 16.3. The Bertz CT molecular complexity index is 1000. The van der Waals surface area contributed by atoms with Crippen molar-refractivity contribution >= 4 is 11.8 Å². The lowest BCUT2D eigenvalue weighted by Crippen LogP contribution is -2.32. The van der Waals surface area contributed by atoms with Crippen molar-refractivity contribution in [1.82, 2.24) is 4.90 Å². The zero-order valence-corrected chi connectivity index (χ0v) is 23.5. The number of allylic oxidation sites excluding steroid dienone is 2. The molecule has 0 unspecified atom stereocenters. The molecule has 1 saturated carbocycles. The standard InChI is InChI=1S/C33H46FNO3/c1-3-25(2)6-12-30(36)13-9-26-14-18-33(19-15-26)24-31(38-32(33)37)17-22-35-20-4-5-27(16-21-35)23-28-7-10-29(34)11-8-28/h3,5,7-8,10-11,26,31H,4,6,9,12-24H2,1-2H3/b25-3+/t26?,31-,33?/m0/s1. The molecule has 4 nitrogen and oxygen atoms in total. The largest absolute Gasteiger partial charge is 0.462 e. The van der Waals surface area contributed by atoms with Crippen LogP contribution in [0.1, 0.15) is 96.5 Å². The molecule has 3 aliphatic rings. The van der Waals surface area contributed by atoms with Crippen LogP contribution in [-0.4, -0.2) is 42.4 Å². The van der Waals surface area contributed by atoms with E-state index in [1.54, 1.807) is 0 Å². The number of rotatable bonds is 11. The van der Waals surface area contributed by atoms with Gasteiger partial charge in [0.15, 0.2) is 0 Å². The second kappa shape index (κ2) is 13.7. The first-order valence-corrected chi connectivity index (χ1v) is 14.8. The molecular weight excluding hydrogens is 477 g/mol. The number of nitrogens with zero attached hydrogens (tertiary/aromatic N) is 1. The van der Waals surface area contributed by atoms with Crippen LogP contribution in [0, 0.1) is 17.2 Å². The van der Waals surface area contributed by atoms with Crippen LogP contribution in [0.2, 0.25) is 0 Å². The fourth-order valence-corrected chi connectivity index (χ4v) is 6.44. The van der Waals surface area contributed by atoms with Crippen LogP contribution in [0.4, 0.5) is 4.39 Å². The zero-order valence-electron chi connectivity index (χ0n) is 23.5. The molecule has 0 radical (unpaired) electrons. The number of ketones is 1. The molecule has 5 heteroatoms. The highest BCUT2D eigenvalue weighted by atomic mass is 19.1. The average Bonchev–Trinajstić information content (AvgIpc) is 3.07. The van der Waals surface area contributed by atoms with Crippen molar-refractivity contribution in [2.24, 2.45) is 11.3 Å². The summed E-state index contributed by atoms with van der Waals surface area (Å²) >= 11 is 0. The maximum Gasteiger partial charge on any atom is 0.312 e. The predicted octanol–water partition coefficient (Wildman–Crippen LogP) is 7.37. The molecule has 1 aliphatic carbocycles. The van der Waals surface area contributed by atoms with E-state index in [-0.39, 0.29) is 23.3 Å². The molecule has 1 saturated heterocycles. The van der Waals surface area contributed by atoms with Crippen molar-refractivity contribution in [3.8, 4) is 0 Å². The molecule has 2 heterocycles. The SMILES string of the molecule is C/C=C(\C)CCC(=O)CCC1CCC2(CC1)C[C@H](CCN1CCC=C(Cc3ccc(F)cc3)CC1)OC2=O. The maximum absolute atomic E-state index is 13.2. The topological polar surface area (TPSA) is 46.6 Å². The monoisotopic (exact) mass is 523 g/mol. The average molecular weight is 524 g/mol. The first kappa shape index (κ1) is 28.7. The summed E-state index contributed by atoms with van der Waals surface area (Å²) in [6.45, 7) is 7.13. The summed E-state index contributed by atoms with van der Waals surface area (Å²) in [4.78, 5) is 27.7. The minimum atomic E-state index is -0.281. The van der Waals surface area contributed by atoms with Gasteiger partial charge in [-0.1, -0.05) is 35.4 Å². The minimum Gasteiger partial charge on any atom is -0.462 e. The minimum absolute atomic E-state index is 0.0259. The molecule has 0 amide bonds. The quantitative estimate of drug-likeness (QED) is 0.224. The van der Waals surface area contributed by atoms with Gasteiger partial charge >= 0.3 is 5.97 Å². The number of Topliss-reactive ketones (excluding diaryl/α,β-unsaturated/α-hetero) is 1. The number of benzene rings is 1. The van der Waals surface area contributed by atoms with Gasteiger partial charge in [0.2, 0.25) is 0 Å². The van der Waals surface area contributed by atoms with E-state index in [1.807, 2.05) is 19.1 Å². The molecule has 1 aromatic rings. The third-order valence-corrected chi connectivity index (χ3v) is 9.25. The van der Waals surface area contributed by atoms with Gasteiger partial charge in [-0.2, -0.15) is 0 Å². The van der Waals surface area contributed by atoms with E-state index in [9.17, 15) is 14.0 Å². The Morgan fingerprint density at radius 3 is 2.61 bits per heavy atom. The van der Waals surface area contributed by atoms with Gasteiger partial charge in [0.25, 0.3) is 0 Å². The molecule has 0 aromatic heterocycles. The number of carbonyl (C=O) groups excluding carboxylic acids is 2. The Morgan fingerprint density at radius 1 is 1.11 bits per heavy atom. The molecule has 2 fully saturated rings. The summed E-state index contributed by atoms with van der Waals surface area (Å²) in [7, 11) is 0. The predicted molar refractivity (Wildman–Crippen MR) is 150 cm³/mol. The zero-order chi connectivity index (χ0) is 27.0. The van der Waals surface area contributed by atoms with Crippen molar-refractivity contribution in [2.45, 2.75) is 103 Å². The number of hydrogen-bond acceptors (Lipinski definition) is 4. The number of halogens is 1. The number of ether oxygens (including phenoxy) is 1. The fourth-order valence-electron chi connectivity index (χ4n) is 6.44. The maximum atomic E-state index is 13.2. The van der Waals surface area contributed by atoms with E-state index in [4.69, 9.17) is 4.74 Å². The van der Waals surface area contributed by atoms with Gasteiger partial charge in [-0.25, -0.2) is 4.39 Å². The first-order chi connectivity index (χ1) is 18.3. The number of hydrogen-bond donors (Lipinski definition) is 0. The Hall–Kier alpha value is -2.27. The van der Waals surface area contributed by atoms with E-state index < -0.39 is 0 Å². The molecule has 0 bridgehead atoms. The summed E-state index contributed by atoms with van der Waals surface area (Å²) in [6, 6.07) is 6.83. The third kappa shape index (κ3) is 8.11. The number of carbonyl (C=O) groups is 2. The summed E-state index contributed by atoms with van der Waals surface area (Å²) in [5.41, 5.74) is 3.59. The Kier molecular flexibility index (Phi) is 10.3. The van der Waals surface area contributed by atoms with Crippen LogP contribution in [0.5, 0.6) is 0 Å². The van der Waals surface area contributed by atoms with Crippen molar-refractivity contribution in [3.63, 3.8) is 0 Å². The molecule has 1 atom stereocenters. The van der Waals surface area contributed by atoms with Crippen molar-refractivity contribution in [3.05, 3.63) is 58.9 Å². The molecule has 2 aliphatic heterocycles. The molecule has 1 aromatic carbocycles. The highest BCUT2D eigenvalue weighted by molar-refractivity contribution is 5.79. The lowest BCUT2D eigenvalue weighted by Gasteiger charge is -2.34. The Labute approximate surface area is 228 Å². The summed E-state index contributed by atoms with van der Waals surface area (Å²) < 4.78 is 19.1. The summed E-state index contributed by atoms with van der Waals surface area (Å²) in [5.74, 6) is 0.777. The second-order valence-electron chi connectivity index (χ2n) is 12.0. The first-order valence-electron chi connectivity index (χ1n) is 14.8. The van der Waals surface area contributed by atoms with Crippen LogP contribution in [0.15, 0.2) is 47.6 Å². The van der Waals surface area contributed by atoms with Crippen molar-refractivity contribution in [2.75, 3.05) is 19.6 Å². The van der Waals surface area contributed by atoms with Crippen molar-refractivity contribution < 1.29 is 18.7 Å². The summed E-state index contributed by atoms with van der Waals surface area (Å²) in [5, 5.41) is 0. The van der Waals surface area contributed by atoms with Crippen molar-refractivity contribution in [1.29, 1.82) is 0 Å². The Balaban J connectivity index is 1.15. The van der Waals surface area contributed by atoms with Gasteiger partial charge < -0.3 is 9.64 Å². The molecule has 208 valence electrons. The third-order valence-electron chi connectivity index (χ3n) is 9.25. The Morgan fingerprint density at radius 2 is 1.87 bits per heavy atom. The number of esters is 1. The fraction of sp³-hybridized carbons (Fsp3) is 0.636. The van der Waals surface area contributed by atoms with Crippen LogP contribution < -0.4 is 0 Å². The van der Waals surface area contributed by atoms with E-state index in [1.165, 1.54) is 23.3 Å². The van der Waals surface area contributed by atoms with E-state index in [0.717, 1.165) is 95.8 Å².